The van der Waals surface area contributed by atoms with Gasteiger partial charge in [-0.3, -0.25) is 0 Å². The van der Waals surface area contributed by atoms with Crippen LogP contribution in [0.1, 0.15) is 0 Å². The molecule has 0 unspecified atom stereocenters. The maximum absolute atomic E-state index is 13.4. The first-order chi connectivity index (χ1) is 8.06. The minimum atomic E-state index is -0.714. The van der Waals surface area contributed by atoms with Crippen molar-refractivity contribution >= 4 is 33.4 Å². The standard InChI is InChI=1S/C10H7BrF2N4/c11-6-4-15-10(14)17-9(6)16-8-2-1-5(12)3-7(8)13/h1-4H,(H3,14,15,16,17). The first-order valence-electron chi connectivity index (χ1n) is 4.56. The van der Waals surface area contributed by atoms with Crippen molar-refractivity contribution in [3.05, 3.63) is 40.5 Å². The van der Waals surface area contributed by atoms with Crippen molar-refractivity contribution in [3.63, 3.8) is 0 Å². The van der Waals surface area contributed by atoms with Crippen molar-refractivity contribution in [1.29, 1.82) is 0 Å². The van der Waals surface area contributed by atoms with Gasteiger partial charge in [0, 0.05) is 12.3 Å². The first-order valence-corrected chi connectivity index (χ1v) is 5.35. The lowest BCUT2D eigenvalue weighted by atomic mass is 10.3. The number of aromatic nitrogens is 2. The molecule has 0 bridgehead atoms. The zero-order chi connectivity index (χ0) is 12.4. The molecule has 1 aromatic carbocycles. The van der Waals surface area contributed by atoms with E-state index in [1.807, 2.05) is 0 Å². The van der Waals surface area contributed by atoms with Crippen molar-refractivity contribution in [2.75, 3.05) is 11.1 Å². The zero-order valence-corrected chi connectivity index (χ0v) is 10.0. The molecule has 2 rings (SSSR count). The molecule has 0 fully saturated rings. The maximum atomic E-state index is 13.4. The number of nitrogens with two attached hydrogens (primary N) is 1. The summed E-state index contributed by atoms with van der Waals surface area (Å²) in [7, 11) is 0. The molecule has 0 aliphatic carbocycles. The van der Waals surface area contributed by atoms with Gasteiger partial charge < -0.3 is 11.1 Å². The van der Waals surface area contributed by atoms with Crippen LogP contribution in [0.5, 0.6) is 0 Å². The smallest absolute Gasteiger partial charge is 0.222 e. The number of nitrogen functional groups attached to an aromatic ring is 1. The lowest BCUT2D eigenvalue weighted by molar-refractivity contribution is 0.586. The Kier molecular flexibility index (Phi) is 3.19. The minimum absolute atomic E-state index is 0.0539. The van der Waals surface area contributed by atoms with E-state index in [1.165, 1.54) is 12.3 Å². The number of halogens is 3. The molecule has 0 aliphatic heterocycles. The van der Waals surface area contributed by atoms with E-state index in [1.54, 1.807) is 0 Å². The van der Waals surface area contributed by atoms with Gasteiger partial charge >= 0.3 is 0 Å². The monoisotopic (exact) mass is 300 g/mol. The third kappa shape index (κ3) is 2.68. The largest absolute Gasteiger partial charge is 0.368 e. The van der Waals surface area contributed by atoms with Crippen LogP contribution in [0.2, 0.25) is 0 Å². The highest BCUT2D eigenvalue weighted by Crippen LogP contribution is 2.25. The van der Waals surface area contributed by atoms with Crippen LogP contribution in [0.3, 0.4) is 0 Å². The normalized spacial score (nSPS) is 10.3. The van der Waals surface area contributed by atoms with Crippen molar-refractivity contribution in [3.8, 4) is 0 Å². The fraction of sp³-hybridized carbons (Fsp3) is 0. The number of hydrogen-bond donors (Lipinski definition) is 2. The Bertz CT molecular complexity index is 562. The Morgan fingerprint density at radius 1 is 1.29 bits per heavy atom. The molecule has 0 radical (unpaired) electrons. The maximum Gasteiger partial charge on any atom is 0.222 e. The number of nitrogens with one attached hydrogen (secondary N) is 1. The number of hydrogen-bond acceptors (Lipinski definition) is 4. The Hall–Kier alpha value is -1.76. The van der Waals surface area contributed by atoms with Crippen LogP contribution in [0.15, 0.2) is 28.9 Å². The second-order valence-corrected chi connectivity index (χ2v) is 4.03. The highest BCUT2D eigenvalue weighted by atomic mass is 79.9. The predicted molar refractivity (Wildman–Crippen MR) is 63.8 cm³/mol. The molecule has 4 nitrogen and oxygen atoms in total. The molecule has 7 heteroatoms. The van der Waals surface area contributed by atoms with Gasteiger partial charge in [-0.2, -0.15) is 4.98 Å². The molecule has 0 saturated carbocycles. The van der Waals surface area contributed by atoms with Crippen molar-refractivity contribution in [2.24, 2.45) is 0 Å². The van der Waals surface area contributed by atoms with E-state index in [2.05, 4.69) is 31.2 Å². The van der Waals surface area contributed by atoms with Gasteiger partial charge in [-0.25, -0.2) is 13.8 Å². The summed E-state index contributed by atoms with van der Waals surface area (Å²) in [5.41, 5.74) is 5.51. The van der Waals surface area contributed by atoms with E-state index in [-0.39, 0.29) is 11.6 Å². The van der Waals surface area contributed by atoms with Gasteiger partial charge in [0.25, 0.3) is 0 Å². The van der Waals surface area contributed by atoms with Gasteiger partial charge in [-0.1, -0.05) is 0 Å². The lowest BCUT2D eigenvalue weighted by Crippen LogP contribution is -2.02. The van der Waals surface area contributed by atoms with E-state index in [0.29, 0.717) is 10.3 Å². The van der Waals surface area contributed by atoms with Crippen molar-refractivity contribution in [2.45, 2.75) is 0 Å². The molecular weight excluding hydrogens is 294 g/mol. The SMILES string of the molecule is Nc1ncc(Br)c(Nc2ccc(F)cc2F)n1. The van der Waals surface area contributed by atoms with Gasteiger partial charge in [-0.15, -0.1) is 0 Å². The Labute approximate surface area is 104 Å². The molecule has 2 aromatic rings. The second-order valence-electron chi connectivity index (χ2n) is 3.17. The van der Waals surface area contributed by atoms with Crippen molar-refractivity contribution in [1.82, 2.24) is 9.97 Å². The van der Waals surface area contributed by atoms with Crippen LogP contribution in [0.4, 0.5) is 26.2 Å². The van der Waals surface area contributed by atoms with E-state index in [0.717, 1.165) is 12.1 Å². The van der Waals surface area contributed by atoms with Crippen LogP contribution < -0.4 is 11.1 Å². The van der Waals surface area contributed by atoms with Crippen molar-refractivity contribution < 1.29 is 8.78 Å². The summed E-state index contributed by atoms with van der Waals surface area (Å²) in [6.07, 6.45) is 1.44. The third-order valence-corrected chi connectivity index (χ3v) is 2.53. The molecule has 0 spiro atoms. The van der Waals surface area contributed by atoms with Gasteiger partial charge in [0.2, 0.25) is 5.95 Å². The van der Waals surface area contributed by atoms with Crippen LogP contribution in [-0.4, -0.2) is 9.97 Å². The number of rotatable bonds is 2. The molecule has 88 valence electrons. The first kappa shape index (κ1) is 11.7. The second kappa shape index (κ2) is 4.62. The summed E-state index contributed by atoms with van der Waals surface area (Å²) >= 11 is 3.19. The molecule has 0 aliphatic rings. The molecule has 3 N–H and O–H groups in total. The average Bonchev–Trinajstić information content (AvgIpc) is 2.27. The predicted octanol–water partition coefficient (Wildman–Crippen LogP) is 2.84. The van der Waals surface area contributed by atoms with E-state index >= 15 is 0 Å². The molecular formula is C10H7BrF2N4. The Morgan fingerprint density at radius 3 is 2.76 bits per heavy atom. The van der Waals surface area contributed by atoms with E-state index in [4.69, 9.17) is 5.73 Å². The average molecular weight is 301 g/mol. The number of anilines is 3. The summed E-state index contributed by atoms with van der Waals surface area (Å²) in [6, 6.07) is 3.19. The Balaban J connectivity index is 2.34. The fourth-order valence-electron chi connectivity index (χ4n) is 1.19. The number of benzene rings is 1. The van der Waals surface area contributed by atoms with E-state index in [9.17, 15) is 8.78 Å². The summed E-state index contributed by atoms with van der Waals surface area (Å²) in [5, 5.41) is 2.69. The van der Waals surface area contributed by atoms with Gasteiger partial charge in [0.15, 0.2) is 0 Å². The fourth-order valence-corrected chi connectivity index (χ4v) is 1.48. The third-order valence-electron chi connectivity index (χ3n) is 1.95. The minimum Gasteiger partial charge on any atom is -0.368 e. The number of nitrogens with zero attached hydrogens (tertiary/aromatic N) is 2. The van der Waals surface area contributed by atoms with Crippen LogP contribution >= 0.6 is 15.9 Å². The molecule has 1 heterocycles. The van der Waals surface area contributed by atoms with Gasteiger partial charge in [0.05, 0.1) is 10.2 Å². The Morgan fingerprint density at radius 2 is 2.06 bits per heavy atom. The molecule has 1 aromatic heterocycles. The molecule has 17 heavy (non-hydrogen) atoms. The highest BCUT2D eigenvalue weighted by Gasteiger charge is 2.08. The van der Waals surface area contributed by atoms with Gasteiger partial charge in [-0.05, 0) is 28.1 Å². The molecule has 0 atom stereocenters. The van der Waals surface area contributed by atoms with Crippen LogP contribution in [0, 0.1) is 11.6 Å². The molecule has 0 saturated heterocycles. The van der Waals surface area contributed by atoms with E-state index < -0.39 is 11.6 Å². The zero-order valence-electron chi connectivity index (χ0n) is 8.42. The summed E-state index contributed by atoms with van der Waals surface area (Å²) < 4.78 is 26.6. The summed E-state index contributed by atoms with van der Waals surface area (Å²) in [4.78, 5) is 7.62. The van der Waals surface area contributed by atoms with Crippen LogP contribution in [-0.2, 0) is 0 Å². The summed E-state index contributed by atoms with van der Waals surface area (Å²) in [6.45, 7) is 0. The summed E-state index contributed by atoms with van der Waals surface area (Å²) in [5.74, 6) is -0.996. The quantitative estimate of drug-likeness (QED) is 0.895. The topological polar surface area (TPSA) is 63.8 Å². The van der Waals surface area contributed by atoms with Gasteiger partial charge in [0.1, 0.15) is 17.5 Å². The highest BCUT2D eigenvalue weighted by molar-refractivity contribution is 9.10. The molecule has 0 amide bonds. The van der Waals surface area contributed by atoms with Crippen LogP contribution in [0.25, 0.3) is 0 Å². The lowest BCUT2D eigenvalue weighted by Gasteiger charge is -2.08.